The van der Waals surface area contributed by atoms with Crippen molar-refractivity contribution in [3.63, 3.8) is 0 Å². The third-order valence-corrected chi connectivity index (χ3v) is 14.9. The highest BCUT2D eigenvalue weighted by atomic mass is 79.9. The summed E-state index contributed by atoms with van der Waals surface area (Å²) in [4.78, 5) is 10.4. The first-order chi connectivity index (χ1) is 36.9. The van der Waals surface area contributed by atoms with Crippen LogP contribution in [0.1, 0.15) is 48.0 Å². The normalized spacial score (nSPS) is 15.9. The first-order valence-corrected chi connectivity index (χ1v) is 26.4. The van der Waals surface area contributed by atoms with Crippen molar-refractivity contribution < 1.29 is 75.4 Å². The Hall–Kier alpha value is -6.04. The number of allylic oxidation sites excluding steroid dienone is 1. The zero-order valence-corrected chi connectivity index (χ0v) is 47.1. The summed E-state index contributed by atoms with van der Waals surface area (Å²) in [6.45, 7) is 4.03. The molecule has 5 atom stereocenters. The molecule has 34 heteroatoms. The number of nitrogen functional groups attached to an aromatic ring is 2. The number of ether oxygens (including phenoxy) is 2. The fraction of sp³-hybridized carbons (Fsp3) is 0.217. The Labute approximate surface area is 484 Å². The summed E-state index contributed by atoms with van der Waals surface area (Å²) in [5.41, 5.74) is -4.47. The van der Waals surface area contributed by atoms with Gasteiger partial charge in [0.25, 0.3) is 0 Å². The second-order valence-electron chi connectivity index (χ2n) is 16.4. The molecule has 424 valence electrons. The molecule has 2 aromatic heterocycles. The molecule has 6 aromatic rings. The standard InChI is InChI=1S/C22H19Br2NO3.2C12H4Cl2F6N4OS/c1-22(2)17(12-19(23)24)20(22)21(26)28-18(13-25)14-7-6-10-16(11-14)27-15-8-4-3-5-9-15;2*13-5-1-4(11(15,16)17)2-6(14)8(5)24-10(22)9(7(3-21)23-24)26(25)12(18,19)20/h3-12,17-18,20H,1-2H3;2*1-2H,22H2/t17-,18+,20-;;/m0../s1. The predicted octanol–water partition coefficient (Wildman–Crippen LogP) is 15.0. The number of halogens is 18. The lowest BCUT2D eigenvalue weighted by atomic mass is 10.1. The molecule has 0 amide bonds. The Bertz CT molecular complexity index is 3380. The molecule has 1 aliphatic rings. The molecule has 0 radical (unpaired) electrons. The van der Waals surface area contributed by atoms with Crippen molar-refractivity contribution in [2.75, 3.05) is 11.5 Å². The van der Waals surface area contributed by atoms with Gasteiger partial charge < -0.3 is 20.9 Å². The number of carbonyl (C=O) groups excluding carboxylic acids is 1. The second kappa shape index (κ2) is 25.0. The number of aromatic nitrogens is 4. The first-order valence-electron chi connectivity index (χ1n) is 21.0. The molecule has 4 N–H and O–H groups in total. The summed E-state index contributed by atoms with van der Waals surface area (Å²) in [5, 5.41) is 31.7. The van der Waals surface area contributed by atoms with E-state index in [1.807, 2.05) is 50.3 Å². The molecule has 1 aliphatic carbocycles. The van der Waals surface area contributed by atoms with Crippen LogP contribution in [0.25, 0.3) is 11.4 Å². The molecule has 0 aliphatic heterocycles. The average Bonchev–Trinajstić information content (AvgIpc) is 3.54. The molecule has 1 saturated carbocycles. The summed E-state index contributed by atoms with van der Waals surface area (Å²) < 4.78 is 189. The number of nitrogens with two attached hydrogens (primary N) is 2. The molecule has 1 fully saturated rings. The summed E-state index contributed by atoms with van der Waals surface area (Å²) >= 11 is 29.6. The molecular weight excluding hydrogens is 1350 g/mol. The highest BCUT2D eigenvalue weighted by Gasteiger charge is 2.62. The second-order valence-corrected chi connectivity index (χ2v) is 23.6. The molecule has 0 saturated heterocycles. The van der Waals surface area contributed by atoms with Crippen molar-refractivity contribution in [1.82, 2.24) is 19.6 Å². The van der Waals surface area contributed by atoms with Crippen LogP contribution < -0.4 is 16.2 Å². The van der Waals surface area contributed by atoms with Crippen LogP contribution >= 0.6 is 78.3 Å². The van der Waals surface area contributed by atoms with E-state index in [9.17, 15) is 71.2 Å². The van der Waals surface area contributed by atoms with Crippen molar-refractivity contribution in [3.8, 4) is 41.1 Å². The van der Waals surface area contributed by atoms with Gasteiger partial charge in [-0.25, -0.2) is 17.8 Å². The predicted molar refractivity (Wildman–Crippen MR) is 274 cm³/mol. The molecule has 80 heavy (non-hydrogen) atoms. The van der Waals surface area contributed by atoms with E-state index < -0.39 is 126 Å². The van der Waals surface area contributed by atoms with Crippen LogP contribution in [0, 0.1) is 51.2 Å². The van der Waals surface area contributed by atoms with Crippen LogP contribution in [0.4, 0.5) is 64.3 Å². The highest BCUT2D eigenvalue weighted by Crippen LogP contribution is 2.60. The number of carbonyl (C=O) groups is 1. The van der Waals surface area contributed by atoms with Crippen molar-refractivity contribution >= 4 is 117 Å². The van der Waals surface area contributed by atoms with Gasteiger partial charge in [-0.15, -0.1) is 0 Å². The fourth-order valence-corrected chi connectivity index (χ4v) is 10.5. The number of para-hydroxylation sites is 1. The van der Waals surface area contributed by atoms with Gasteiger partial charge in [-0.3, -0.25) is 4.79 Å². The van der Waals surface area contributed by atoms with E-state index in [1.165, 1.54) is 12.1 Å². The van der Waals surface area contributed by atoms with Gasteiger partial charge in [0.2, 0.25) is 6.10 Å². The lowest BCUT2D eigenvalue weighted by molar-refractivity contribution is -0.149. The number of anilines is 2. The fourth-order valence-electron chi connectivity index (χ4n) is 7.08. The zero-order valence-electron chi connectivity index (χ0n) is 39.3. The minimum atomic E-state index is -5.25. The van der Waals surface area contributed by atoms with Gasteiger partial charge >= 0.3 is 29.3 Å². The third kappa shape index (κ3) is 14.9. The number of hydrogen-bond donors (Lipinski definition) is 2. The van der Waals surface area contributed by atoms with Gasteiger partial charge in [0, 0.05) is 5.56 Å². The maximum absolute atomic E-state index is 12.7. The highest BCUT2D eigenvalue weighted by molar-refractivity contribution is 9.28. The van der Waals surface area contributed by atoms with E-state index in [-0.39, 0.29) is 23.2 Å². The number of nitrogens with zero attached hydrogens (tertiary/aromatic N) is 7. The van der Waals surface area contributed by atoms with Gasteiger partial charge in [-0.1, -0.05) is 96.7 Å². The van der Waals surface area contributed by atoms with E-state index in [1.54, 1.807) is 24.3 Å². The molecule has 2 unspecified atom stereocenters. The summed E-state index contributed by atoms with van der Waals surface area (Å²) in [5.74, 6) is -1.12. The Balaban J connectivity index is 0.000000221. The largest absolute Gasteiger partial charge is 0.476 e. The van der Waals surface area contributed by atoms with Crippen LogP contribution in [0.5, 0.6) is 11.5 Å². The summed E-state index contributed by atoms with van der Waals surface area (Å²) in [6, 6.07) is 22.9. The van der Waals surface area contributed by atoms with Crippen LogP contribution in [-0.2, 0) is 43.5 Å². The Morgan fingerprint density at radius 3 is 1.44 bits per heavy atom. The molecule has 14 nitrogen and oxygen atoms in total. The van der Waals surface area contributed by atoms with Crippen LogP contribution in [-0.4, -0.2) is 45.0 Å². The van der Waals surface area contributed by atoms with Crippen LogP contribution in [0.3, 0.4) is 0 Å². The minimum Gasteiger partial charge on any atom is -0.457 e. The molecule has 4 aromatic carbocycles. The number of rotatable bonds is 10. The SMILES string of the molecule is CC1(C)[C@H](C(=O)O[C@H](C#N)c2cccc(Oc3ccccc3)c2)[C@@H]1C=C(Br)Br.N#Cc1nn(-c2c(Cl)cc(C(F)(F)F)cc2Cl)c(N)c1S(=O)C(F)(F)F.N#Cc1nn(-c2c(Cl)cc(C(F)(F)F)cc2Cl)c(N)c1S(=O)C(F)(F)F. The average molecular weight is 1380 g/mol. The lowest BCUT2D eigenvalue weighted by Gasteiger charge is -2.13. The third-order valence-electron chi connectivity index (χ3n) is 10.8. The van der Waals surface area contributed by atoms with Gasteiger partial charge in [-0.2, -0.15) is 78.7 Å². The maximum Gasteiger partial charge on any atom is 0.476 e. The quantitative estimate of drug-likeness (QED) is 0.0964. The molecule has 0 bridgehead atoms. The molecular formula is C46H27Br2Cl4F12N9O5S2. The van der Waals surface area contributed by atoms with Crippen LogP contribution in [0.2, 0.25) is 20.1 Å². The van der Waals surface area contributed by atoms with Crippen LogP contribution in [0.15, 0.2) is 98.1 Å². The maximum atomic E-state index is 12.7. The summed E-state index contributed by atoms with van der Waals surface area (Å²) in [7, 11) is -7.41. The Morgan fingerprint density at radius 1 is 0.688 bits per heavy atom. The molecule has 0 spiro atoms. The van der Waals surface area contributed by atoms with E-state index in [4.69, 9.17) is 77.9 Å². The van der Waals surface area contributed by atoms with E-state index in [2.05, 4.69) is 48.1 Å². The van der Waals surface area contributed by atoms with Gasteiger partial charge in [0.15, 0.2) is 33.0 Å². The zero-order chi connectivity index (χ0) is 60.4. The minimum absolute atomic E-state index is 0.0563. The van der Waals surface area contributed by atoms with Crippen molar-refractivity contribution in [3.05, 3.63) is 136 Å². The van der Waals surface area contributed by atoms with E-state index >= 15 is 0 Å². The molecule has 7 rings (SSSR count). The summed E-state index contributed by atoms with van der Waals surface area (Å²) in [6.07, 6.45) is -8.62. The number of benzene rings is 4. The van der Waals surface area contributed by atoms with Gasteiger partial charge in [0.1, 0.15) is 62.5 Å². The van der Waals surface area contributed by atoms with E-state index in [0.717, 1.165) is 3.39 Å². The smallest absolute Gasteiger partial charge is 0.457 e. The van der Waals surface area contributed by atoms with Crippen molar-refractivity contribution in [2.24, 2.45) is 17.3 Å². The van der Waals surface area contributed by atoms with Gasteiger partial charge in [-0.05, 0) is 91.7 Å². The van der Waals surface area contributed by atoms with Crippen molar-refractivity contribution in [2.45, 2.75) is 53.1 Å². The van der Waals surface area contributed by atoms with Gasteiger partial charge in [0.05, 0.1) is 40.5 Å². The number of hydrogen-bond acceptors (Lipinski definition) is 12. The Morgan fingerprint density at radius 2 is 1.09 bits per heavy atom. The number of esters is 1. The van der Waals surface area contributed by atoms with Crippen molar-refractivity contribution in [1.29, 1.82) is 15.8 Å². The number of alkyl halides is 12. The lowest BCUT2D eigenvalue weighted by Crippen LogP contribution is -2.18. The Kier molecular flexibility index (Phi) is 20.2. The topological polar surface area (TPSA) is 229 Å². The first kappa shape index (κ1) is 64.8. The van der Waals surface area contributed by atoms with E-state index in [0.29, 0.717) is 50.7 Å². The molecule has 2 heterocycles. The monoisotopic (exact) mass is 1370 g/mol. The number of nitriles is 3.